The fourth-order valence-electron chi connectivity index (χ4n) is 2.51. The topological polar surface area (TPSA) is 70.7 Å². The first-order valence-electron chi connectivity index (χ1n) is 7.83. The maximum atomic E-state index is 12.2. The number of nitrogens with zero attached hydrogens (tertiary/aromatic N) is 1. The largest absolute Gasteiger partial charge is 0.444 e. The van der Waals surface area contributed by atoms with Crippen molar-refractivity contribution in [1.82, 2.24) is 15.5 Å². The number of piperazine rings is 1. The van der Waals surface area contributed by atoms with Crippen LogP contribution < -0.4 is 10.6 Å². The summed E-state index contributed by atoms with van der Waals surface area (Å²) in [4.78, 5) is 25.7. The van der Waals surface area contributed by atoms with E-state index in [4.69, 9.17) is 4.74 Å². The summed E-state index contributed by atoms with van der Waals surface area (Å²) >= 11 is 0. The van der Waals surface area contributed by atoms with E-state index in [1.165, 1.54) is 0 Å². The van der Waals surface area contributed by atoms with E-state index < -0.39 is 5.60 Å². The van der Waals surface area contributed by atoms with Crippen molar-refractivity contribution in [2.45, 2.75) is 32.4 Å². The number of hydrogen-bond donors (Lipinski definition) is 2. The molecule has 0 aromatic heterocycles. The normalized spacial score (nSPS) is 18.4. The van der Waals surface area contributed by atoms with Crippen LogP contribution in [0.15, 0.2) is 24.3 Å². The second-order valence-corrected chi connectivity index (χ2v) is 6.64. The van der Waals surface area contributed by atoms with Crippen LogP contribution in [-0.4, -0.2) is 49.2 Å². The Bertz CT molecular complexity index is 581. The number of carbonyl (C=O) groups excluding carboxylic acids is 2. The Hall–Kier alpha value is -2.08. The lowest BCUT2D eigenvalue weighted by Crippen LogP contribution is -2.49. The quantitative estimate of drug-likeness (QED) is 0.874. The van der Waals surface area contributed by atoms with Gasteiger partial charge in [-0.05, 0) is 38.5 Å². The van der Waals surface area contributed by atoms with Gasteiger partial charge in [0.25, 0.3) is 5.91 Å². The summed E-state index contributed by atoms with van der Waals surface area (Å²) in [5.74, 6) is -0.119. The maximum absolute atomic E-state index is 12.2. The third-order valence-corrected chi connectivity index (χ3v) is 3.61. The molecule has 0 saturated carbocycles. The number of amides is 2. The monoisotopic (exact) mass is 319 g/mol. The molecule has 6 nitrogen and oxygen atoms in total. The minimum Gasteiger partial charge on any atom is -0.444 e. The molecule has 1 aromatic rings. The third-order valence-electron chi connectivity index (χ3n) is 3.61. The molecule has 0 aliphatic carbocycles. The van der Waals surface area contributed by atoms with Crippen LogP contribution in [0.1, 0.15) is 42.7 Å². The molecule has 1 heterocycles. The molecule has 0 bridgehead atoms. The molecule has 2 rings (SSSR count). The number of benzene rings is 1. The summed E-state index contributed by atoms with van der Waals surface area (Å²) in [5, 5.41) is 6.01. The SMILES string of the molecule is CNC(=O)c1cccc([C@@H]2CN(C(=O)OC(C)(C)C)CCN2)c1. The van der Waals surface area contributed by atoms with Crippen LogP contribution in [0.25, 0.3) is 0 Å². The number of ether oxygens (including phenoxy) is 1. The molecular weight excluding hydrogens is 294 g/mol. The fraction of sp³-hybridized carbons (Fsp3) is 0.529. The van der Waals surface area contributed by atoms with E-state index in [1.54, 1.807) is 18.0 Å². The number of nitrogens with one attached hydrogen (secondary N) is 2. The van der Waals surface area contributed by atoms with Gasteiger partial charge in [0, 0.05) is 32.2 Å². The highest BCUT2D eigenvalue weighted by molar-refractivity contribution is 5.94. The first kappa shape index (κ1) is 17.3. The van der Waals surface area contributed by atoms with E-state index in [-0.39, 0.29) is 18.0 Å². The maximum Gasteiger partial charge on any atom is 0.410 e. The first-order valence-corrected chi connectivity index (χ1v) is 7.83. The Balaban J connectivity index is 2.09. The van der Waals surface area contributed by atoms with Crippen LogP contribution in [-0.2, 0) is 4.74 Å². The predicted octanol–water partition coefficient (Wildman–Crippen LogP) is 1.93. The summed E-state index contributed by atoms with van der Waals surface area (Å²) in [5.41, 5.74) is 1.09. The molecule has 0 spiro atoms. The molecule has 2 N–H and O–H groups in total. The Morgan fingerprint density at radius 2 is 2.09 bits per heavy atom. The van der Waals surface area contributed by atoms with Crippen LogP contribution in [0.4, 0.5) is 4.79 Å². The van der Waals surface area contributed by atoms with Crippen molar-refractivity contribution < 1.29 is 14.3 Å². The van der Waals surface area contributed by atoms with Crippen molar-refractivity contribution in [1.29, 1.82) is 0 Å². The lowest BCUT2D eigenvalue weighted by Gasteiger charge is -2.35. The predicted molar refractivity (Wildman–Crippen MR) is 88.4 cm³/mol. The van der Waals surface area contributed by atoms with Crippen molar-refractivity contribution in [2.75, 3.05) is 26.7 Å². The summed E-state index contributed by atoms with van der Waals surface area (Å²) in [6.45, 7) is 7.40. The van der Waals surface area contributed by atoms with Gasteiger partial charge in [-0.3, -0.25) is 4.79 Å². The average molecular weight is 319 g/mol. The Morgan fingerprint density at radius 1 is 1.35 bits per heavy atom. The standard InChI is InChI=1S/C17H25N3O3/c1-17(2,3)23-16(22)20-9-8-19-14(11-20)12-6-5-7-13(10-12)15(21)18-4/h5-7,10,14,19H,8-9,11H2,1-4H3,(H,18,21)/t14-/m0/s1. The molecule has 0 radical (unpaired) electrons. The van der Waals surface area contributed by atoms with E-state index >= 15 is 0 Å². The minimum atomic E-state index is -0.503. The van der Waals surface area contributed by atoms with Crippen molar-refractivity contribution in [2.24, 2.45) is 0 Å². The Labute approximate surface area is 137 Å². The first-order chi connectivity index (χ1) is 10.8. The van der Waals surface area contributed by atoms with Crippen LogP contribution in [0, 0.1) is 0 Å². The fourth-order valence-corrected chi connectivity index (χ4v) is 2.51. The summed E-state index contributed by atoms with van der Waals surface area (Å²) in [6, 6.07) is 7.43. The van der Waals surface area contributed by atoms with Crippen molar-refractivity contribution in [3.05, 3.63) is 35.4 Å². The molecule has 1 fully saturated rings. The molecule has 1 aliphatic heterocycles. The second kappa shape index (κ2) is 7.00. The van der Waals surface area contributed by atoms with Gasteiger partial charge in [0.1, 0.15) is 5.60 Å². The van der Waals surface area contributed by atoms with Crippen LogP contribution in [0.5, 0.6) is 0 Å². The molecule has 1 aliphatic rings. The van der Waals surface area contributed by atoms with Gasteiger partial charge in [-0.15, -0.1) is 0 Å². The zero-order chi connectivity index (χ0) is 17.0. The van der Waals surface area contributed by atoms with E-state index in [0.717, 1.165) is 5.56 Å². The van der Waals surface area contributed by atoms with Gasteiger partial charge >= 0.3 is 6.09 Å². The molecule has 1 atom stereocenters. The molecule has 1 aromatic carbocycles. The lowest BCUT2D eigenvalue weighted by atomic mass is 10.0. The van der Waals surface area contributed by atoms with Gasteiger partial charge in [-0.25, -0.2) is 4.79 Å². The van der Waals surface area contributed by atoms with E-state index in [0.29, 0.717) is 25.2 Å². The van der Waals surface area contributed by atoms with Gasteiger partial charge < -0.3 is 20.3 Å². The molecular formula is C17H25N3O3. The van der Waals surface area contributed by atoms with Crippen molar-refractivity contribution in [3.8, 4) is 0 Å². The van der Waals surface area contributed by atoms with Crippen molar-refractivity contribution in [3.63, 3.8) is 0 Å². The number of hydrogen-bond acceptors (Lipinski definition) is 4. The smallest absolute Gasteiger partial charge is 0.410 e. The van der Waals surface area contributed by atoms with E-state index in [9.17, 15) is 9.59 Å². The number of carbonyl (C=O) groups is 2. The van der Waals surface area contributed by atoms with Gasteiger partial charge in [-0.2, -0.15) is 0 Å². The van der Waals surface area contributed by atoms with E-state index in [1.807, 2.05) is 39.0 Å². The summed E-state index contributed by atoms with van der Waals surface area (Å²) < 4.78 is 5.44. The third kappa shape index (κ3) is 4.69. The average Bonchev–Trinajstić information content (AvgIpc) is 2.53. The van der Waals surface area contributed by atoms with Gasteiger partial charge in [0.05, 0.1) is 6.04 Å². The summed E-state index contributed by atoms with van der Waals surface area (Å²) in [7, 11) is 1.61. The zero-order valence-electron chi connectivity index (χ0n) is 14.2. The van der Waals surface area contributed by atoms with Crippen LogP contribution >= 0.6 is 0 Å². The zero-order valence-corrected chi connectivity index (χ0v) is 14.2. The second-order valence-electron chi connectivity index (χ2n) is 6.64. The van der Waals surface area contributed by atoms with Gasteiger partial charge in [-0.1, -0.05) is 12.1 Å². The minimum absolute atomic E-state index is 0.0131. The van der Waals surface area contributed by atoms with Gasteiger partial charge in [0.2, 0.25) is 0 Å². The summed E-state index contributed by atoms with van der Waals surface area (Å²) in [6.07, 6.45) is -0.300. The van der Waals surface area contributed by atoms with Crippen molar-refractivity contribution >= 4 is 12.0 Å². The van der Waals surface area contributed by atoms with E-state index in [2.05, 4.69) is 10.6 Å². The molecule has 0 unspecified atom stereocenters. The highest BCUT2D eigenvalue weighted by atomic mass is 16.6. The molecule has 2 amide bonds. The van der Waals surface area contributed by atoms with Crippen LogP contribution in [0.2, 0.25) is 0 Å². The van der Waals surface area contributed by atoms with Gasteiger partial charge in [0.15, 0.2) is 0 Å². The number of rotatable bonds is 2. The molecule has 6 heteroatoms. The highest BCUT2D eigenvalue weighted by Crippen LogP contribution is 2.20. The molecule has 23 heavy (non-hydrogen) atoms. The molecule has 1 saturated heterocycles. The lowest BCUT2D eigenvalue weighted by molar-refractivity contribution is 0.0195. The highest BCUT2D eigenvalue weighted by Gasteiger charge is 2.28. The molecule has 126 valence electrons. The Kier molecular flexibility index (Phi) is 5.26. The Morgan fingerprint density at radius 3 is 2.74 bits per heavy atom. The van der Waals surface area contributed by atoms with Crippen LogP contribution in [0.3, 0.4) is 0 Å².